The van der Waals surface area contributed by atoms with Gasteiger partial charge < -0.3 is 9.30 Å². The number of nitrogens with one attached hydrogen (secondary N) is 1. The van der Waals surface area contributed by atoms with Gasteiger partial charge in [0.1, 0.15) is 11.6 Å². The molecule has 0 saturated heterocycles. The van der Waals surface area contributed by atoms with Crippen molar-refractivity contribution in [3.8, 4) is 5.75 Å². The van der Waals surface area contributed by atoms with Gasteiger partial charge in [-0.25, -0.2) is 17.5 Å². The minimum absolute atomic E-state index is 0.137. The molecule has 0 atom stereocenters. The average molecular weight is 388 g/mol. The Morgan fingerprint density at radius 1 is 1.07 bits per heavy atom. The van der Waals surface area contributed by atoms with Gasteiger partial charge in [0.15, 0.2) is 0 Å². The molecule has 0 unspecified atom stereocenters. The lowest BCUT2D eigenvalue weighted by atomic mass is 10.2. The molecule has 0 fully saturated rings. The van der Waals surface area contributed by atoms with E-state index in [-0.39, 0.29) is 17.3 Å². The first-order valence-electron chi connectivity index (χ1n) is 8.59. The summed E-state index contributed by atoms with van der Waals surface area (Å²) in [6, 6.07) is 16.3. The van der Waals surface area contributed by atoms with Gasteiger partial charge in [0.05, 0.1) is 18.0 Å². The normalized spacial score (nSPS) is 11.5. The highest BCUT2D eigenvalue weighted by Gasteiger charge is 2.15. The van der Waals surface area contributed by atoms with Crippen molar-refractivity contribution in [3.05, 3.63) is 83.9 Å². The van der Waals surface area contributed by atoms with Crippen LogP contribution in [0.3, 0.4) is 0 Å². The molecule has 1 aromatic heterocycles. The maximum absolute atomic E-state index is 13.4. The second-order valence-electron chi connectivity index (χ2n) is 5.99. The van der Waals surface area contributed by atoms with E-state index in [0.29, 0.717) is 18.9 Å². The summed E-state index contributed by atoms with van der Waals surface area (Å²) in [7, 11) is -3.64. The van der Waals surface area contributed by atoms with E-state index in [9.17, 15) is 12.8 Å². The fourth-order valence-corrected chi connectivity index (χ4v) is 3.73. The van der Waals surface area contributed by atoms with Gasteiger partial charge >= 0.3 is 0 Å². The fourth-order valence-electron chi connectivity index (χ4n) is 2.73. The van der Waals surface area contributed by atoms with Crippen molar-refractivity contribution in [1.82, 2.24) is 9.29 Å². The van der Waals surface area contributed by atoms with Crippen molar-refractivity contribution < 1.29 is 17.5 Å². The second-order valence-corrected chi connectivity index (χ2v) is 7.75. The van der Waals surface area contributed by atoms with Crippen LogP contribution in [-0.4, -0.2) is 19.6 Å². The summed E-state index contributed by atoms with van der Waals surface area (Å²) in [6.07, 6.45) is 1.84. The molecule has 0 amide bonds. The summed E-state index contributed by atoms with van der Waals surface area (Å²) in [6.45, 7) is 2.99. The van der Waals surface area contributed by atoms with Crippen LogP contribution >= 0.6 is 0 Å². The fraction of sp³-hybridized carbons (Fsp3) is 0.200. The van der Waals surface area contributed by atoms with E-state index >= 15 is 0 Å². The Hall–Kier alpha value is -2.64. The van der Waals surface area contributed by atoms with Gasteiger partial charge in [-0.05, 0) is 61.0 Å². The molecule has 0 radical (unpaired) electrons. The third-order valence-electron chi connectivity index (χ3n) is 4.05. The lowest BCUT2D eigenvalue weighted by Crippen LogP contribution is -2.24. The van der Waals surface area contributed by atoms with Crippen LogP contribution in [0.1, 0.15) is 18.2 Å². The van der Waals surface area contributed by atoms with Gasteiger partial charge in [0.25, 0.3) is 0 Å². The molecule has 0 spiro atoms. The van der Waals surface area contributed by atoms with Crippen molar-refractivity contribution in [2.45, 2.75) is 24.9 Å². The molecule has 2 aromatic carbocycles. The Morgan fingerprint density at radius 3 is 2.56 bits per heavy atom. The number of ether oxygens (including phenoxy) is 1. The zero-order chi connectivity index (χ0) is 19.3. The van der Waals surface area contributed by atoms with E-state index in [2.05, 4.69) is 4.72 Å². The zero-order valence-electron chi connectivity index (χ0n) is 14.9. The number of sulfonamides is 1. The number of rotatable bonds is 8. The molecule has 0 aliphatic heterocycles. The Bertz CT molecular complexity index is 998. The molecule has 27 heavy (non-hydrogen) atoms. The van der Waals surface area contributed by atoms with Crippen molar-refractivity contribution in [2.24, 2.45) is 0 Å². The van der Waals surface area contributed by atoms with Gasteiger partial charge in [0, 0.05) is 18.4 Å². The Balaban J connectivity index is 1.68. The summed E-state index contributed by atoms with van der Waals surface area (Å²) in [5.74, 6) is 0.331. The van der Waals surface area contributed by atoms with Crippen LogP contribution in [0.25, 0.3) is 0 Å². The lowest BCUT2D eigenvalue weighted by molar-refractivity contribution is 0.340. The molecular formula is C20H21FN2O3S. The monoisotopic (exact) mass is 388 g/mol. The first-order chi connectivity index (χ1) is 13.0. The summed E-state index contributed by atoms with van der Waals surface area (Å²) in [4.78, 5) is 0.175. The van der Waals surface area contributed by atoms with E-state index in [1.54, 1.807) is 18.2 Å². The number of halogens is 1. The third-order valence-corrected chi connectivity index (χ3v) is 5.47. The number of hydrogen-bond donors (Lipinski definition) is 1. The SMILES string of the molecule is CCOc1ccc(S(=O)(=O)NCc2cccn2Cc2cccc(F)c2)cc1. The molecule has 1 N–H and O–H groups in total. The van der Waals surface area contributed by atoms with Crippen LogP contribution in [-0.2, 0) is 23.1 Å². The Labute approximate surface area is 158 Å². The van der Waals surface area contributed by atoms with Crippen LogP contribution in [0.15, 0.2) is 71.8 Å². The summed E-state index contributed by atoms with van der Waals surface area (Å²) in [5.41, 5.74) is 1.59. The minimum Gasteiger partial charge on any atom is -0.494 e. The number of nitrogens with zero attached hydrogens (tertiary/aromatic N) is 1. The lowest BCUT2D eigenvalue weighted by Gasteiger charge is -2.11. The average Bonchev–Trinajstić information content (AvgIpc) is 3.08. The predicted molar refractivity (Wildman–Crippen MR) is 102 cm³/mol. The molecule has 5 nitrogen and oxygen atoms in total. The molecule has 3 aromatic rings. The van der Waals surface area contributed by atoms with Gasteiger partial charge in [-0.15, -0.1) is 0 Å². The van der Waals surface area contributed by atoms with E-state index in [0.717, 1.165) is 11.3 Å². The molecule has 3 rings (SSSR count). The van der Waals surface area contributed by atoms with Gasteiger partial charge in [-0.2, -0.15) is 0 Å². The highest BCUT2D eigenvalue weighted by Crippen LogP contribution is 2.16. The maximum Gasteiger partial charge on any atom is 0.240 e. The predicted octanol–water partition coefficient (Wildman–Crippen LogP) is 3.55. The second kappa shape index (κ2) is 8.37. The van der Waals surface area contributed by atoms with Gasteiger partial charge in [-0.1, -0.05) is 12.1 Å². The molecule has 0 saturated carbocycles. The summed E-state index contributed by atoms with van der Waals surface area (Å²) < 4.78 is 48.2. The Morgan fingerprint density at radius 2 is 1.85 bits per heavy atom. The first-order valence-corrected chi connectivity index (χ1v) is 10.1. The van der Waals surface area contributed by atoms with Crippen molar-refractivity contribution in [1.29, 1.82) is 0 Å². The minimum atomic E-state index is -3.64. The number of benzene rings is 2. The Kier molecular flexibility index (Phi) is 5.93. The van der Waals surface area contributed by atoms with Crippen LogP contribution in [0, 0.1) is 5.82 Å². The highest BCUT2D eigenvalue weighted by atomic mass is 32.2. The van der Waals surface area contributed by atoms with Crippen molar-refractivity contribution in [3.63, 3.8) is 0 Å². The standard InChI is InChI=1S/C20H21FN2O3S/c1-2-26-19-8-10-20(11-9-19)27(24,25)22-14-18-7-4-12-23(18)15-16-5-3-6-17(21)13-16/h3-13,22H,2,14-15H2,1H3. The van der Waals surface area contributed by atoms with Crippen molar-refractivity contribution >= 4 is 10.0 Å². The van der Waals surface area contributed by atoms with Crippen LogP contribution in [0.2, 0.25) is 0 Å². The third kappa shape index (κ3) is 4.96. The smallest absolute Gasteiger partial charge is 0.240 e. The molecule has 7 heteroatoms. The quantitative estimate of drug-likeness (QED) is 0.642. The van der Waals surface area contributed by atoms with E-state index in [4.69, 9.17) is 4.74 Å². The van der Waals surface area contributed by atoms with Crippen LogP contribution < -0.4 is 9.46 Å². The molecule has 142 valence electrons. The van der Waals surface area contributed by atoms with E-state index in [1.165, 1.54) is 24.3 Å². The summed E-state index contributed by atoms with van der Waals surface area (Å²) in [5, 5.41) is 0. The van der Waals surface area contributed by atoms with Gasteiger partial charge in [-0.3, -0.25) is 0 Å². The molecule has 0 aliphatic carbocycles. The molecule has 0 bridgehead atoms. The molecule has 1 heterocycles. The summed E-state index contributed by atoms with van der Waals surface area (Å²) >= 11 is 0. The zero-order valence-corrected chi connectivity index (χ0v) is 15.7. The van der Waals surface area contributed by atoms with Gasteiger partial charge in [0.2, 0.25) is 10.0 Å². The van der Waals surface area contributed by atoms with Crippen LogP contribution in [0.4, 0.5) is 4.39 Å². The number of hydrogen-bond acceptors (Lipinski definition) is 3. The van der Waals surface area contributed by atoms with E-state index in [1.807, 2.05) is 35.9 Å². The topological polar surface area (TPSA) is 60.3 Å². The van der Waals surface area contributed by atoms with Crippen molar-refractivity contribution in [2.75, 3.05) is 6.61 Å². The number of aromatic nitrogens is 1. The maximum atomic E-state index is 13.4. The molecular weight excluding hydrogens is 367 g/mol. The first kappa shape index (κ1) is 19.1. The largest absolute Gasteiger partial charge is 0.494 e. The highest BCUT2D eigenvalue weighted by molar-refractivity contribution is 7.89. The molecule has 0 aliphatic rings. The van der Waals surface area contributed by atoms with Crippen LogP contribution in [0.5, 0.6) is 5.75 Å². The van der Waals surface area contributed by atoms with E-state index < -0.39 is 10.0 Å².